The van der Waals surface area contributed by atoms with Crippen molar-refractivity contribution in [3.8, 4) is 0 Å². The van der Waals surface area contributed by atoms with Crippen LogP contribution in [0, 0.1) is 0 Å². The Labute approximate surface area is 156 Å². The van der Waals surface area contributed by atoms with Crippen LogP contribution < -0.4 is 4.72 Å². The van der Waals surface area contributed by atoms with Crippen LogP contribution in [0.2, 0.25) is 0 Å². The highest BCUT2D eigenvalue weighted by molar-refractivity contribution is 7.90. The topological polar surface area (TPSA) is 90.0 Å². The Bertz CT molecular complexity index is 841. The fraction of sp³-hybridized carbons (Fsp3) is 0.500. The summed E-state index contributed by atoms with van der Waals surface area (Å²) in [5.41, 5.74) is 1.36. The molecule has 26 heavy (non-hydrogen) atoms. The van der Waals surface area contributed by atoms with E-state index in [-0.39, 0.29) is 4.90 Å². The number of rotatable bonds is 7. The molecule has 0 aliphatic carbocycles. The van der Waals surface area contributed by atoms with E-state index >= 15 is 0 Å². The van der Waals surface area contributed by atoms with Crippen molar-refractivity contribution in [2.45, 2.75) is 11.8 Å². The van der Waals surface area contributed by atoms with E-state index in [1.54, 1.807) is 0 Å². The van der Waals surface area contributed by atoms with Gasteiger partial charge in [0.05, 0.1) is 4.90 Å². The zero-order valence-corrected chi connectivity index (χ0v) is 17.0. The lowest BCUT2D eigenvalue weighted by molar-refractivity contribution is 0.201. The number of hydrogen-bond donors (Lipinski definition) is 1. The first-order valence-corrected chi connectivity index (χ1v) is 11.1. The van der Waals surface area contributed by atoms with Gasteiger partial charge in [0.1, 0.15) is 0 Å². The van der Waals surface area contributed by atoms with Gasteiger partial charge in [0.2, 0.25) is 10.0 Å². The molecule has 0 amide bonds. The van der Waals surface area contributed by atoms with E-state index in [9.17, 15) is 16.8 Å². The second kappa shape index (κ2) is 8.05. The highest BCUT2D eigenvalue weighted by Crippen LogP contribution is 2.20. The van der Waals surface area contributed by atoms with E-state index in [0.717, 1.165) is 16.4 Å². The Balaban J connectivity index is 2.07. The van der Waals surface area contributed by atoms with Crippen molar-refractivity contribution in [2.75, 3.05) is 51.5 Å². The average Bonchev–Trinajstić information content (AvgIpc) is 2.55. The Kier molecular flexibility index (Phi) is 6.46. The predicted molar refractivity (Wildman–Crippen MR) is 103 cm³/mol. The number of benzene rings is 1. The number of sulfonamides is 1. The minimum atomic E-state index is -3.63. The maximum atomic E-state index is 12.8. The fourth-order valence-corrected chi connectivity index (χ4v) is 4.63. The molecular weight excluding hydrogens is 376 g/mol. The summed E-state index contributed by atoms with van der Waals surface area (Å²) >= 11 is 0. The van der Waals surface area contributed by atoms with Crippen LogP contribution in [-0.2, 0) is 20.2 Å². The van der Waals surface area contributed by atoms with E-state index in [2.05, 4.69) is 16.2 Å². The zero-order chi connectivity index (χ0) is 19.5. The standard InChI is InChI=1S/C16H26N4O4S2/c1-14(2)13-19-9-11-20(12-10-19)25(21,22)16-7-5-15(6-8-16)17-26(23,24)18(3)4/h5-8,17H,1,9-13H2,2-4H3. The van der Waals surface area contributed by atoms with Gasteiger partial charge >= 0.3 is 10.2 Å². The van der Waals surface area contributed by atoms with Gasteiger partial charge in [0.15, 0.2) is 0 Å². The molecule has 0 unspecified atom stereocenters. The molecule has 0 saturated carbocycles. The van der Waals surface area contributed by atoms with Crippen molar-refractivity contribution in [3.05, 3.63) is 36.4 Å². The second-order valence-corrected chi connectivity index (χ2v) is 10.4. The second-order valence-electron chi connectivity index (χ2n) is 6.55. The quantitative estimate of drug-likeness (QED) is 0.681. The van der Waals surface area contributed by atoms with E-state index in [4.69, 9.17) is 0 Å². The van der Waals surface area contributed by atoms with Crippen LogP contribution in [0.5, 0.6) is 0 Å². The molecule has 1 aliphatic rings. The molecule has 1 heterocycles. The summed E-state index contributed by atoms with van der Waals surface area (Å²) in [4.78, 5) is 2.33. The van der Waals surface area contributed by atoms with Crippen LogP contribution in [0.1, 0.15) is 6.92 Å². The summed E-state index contributed by atoms with van der Waals surface area (Å²) in [7, 11) is -4.40. The molecule has 0 atom stereocenters. The molecule has 2 rings (SSSR count). The van der Waals surface area contributed by atoms with Gasteiger partial charge in [0.25, 0.3) is 0 Å². The Morgan fingerprint density at radius 1 is 1.08 bits per heavy atom. The SMILES string of the molecule is C=C(C)CN1CCN(S(=O)(=O)c2ccc(NS(=O)(=O)N(C)C)cc2)CC1. The van der Waals surface area contributed by atoms with Gasteiger partial charge in [-0.3, -0.25) is 9.62 Å². The van der Waals surface area contributed by atoms with Crippen LogP contribution in [0.3, 0.4) is 0 Å². The minimum absolute atomic E-state index is 0.152. The van der Waals surface area contributed by atoms with E-state index in [1.165, 1.54) is 42.7 Å². The molecule has 146 valence electrons. The highest BCUT2D eigenvalue weighted by atomic mass is 32.2. The maximum absolute atomic E-state index is 12.8. The van der Waals surface area contributed by atoms with Crippen molar-refractivity contribution in [1.82, 2.24) is 13.5 Å². The van der Waals surface area contributed by atoms with Crippen molar-refractivity contribution in [3.63, 3.8) is 0 Å². The van der Waals surface area contributed by atoms with Crippen LogP contribution >= 0.6 is 0 Å². The molecule has 1 N–H and O–H groups in total. The summed E-state index contributed by atoms with van der Waals surface area (Å²) in [6.45, 7) is 8.77. The monoisotopic (exact) mass is 402 g/mol. The van der Waals surface area contributed by atoms with Gasteiger partial charge < -0.3 is 0 Å². The number of anilines is 1. The third-order valence-corrected chi connectivity index (χ3v) is 7.41. The lowest BCUT2D eigenvalue weighted by Gasteiger charge is -2.34. The smallest absolute Gasteiger partial charge is 0.297 e. The van der Waals surface area contributed by atoms with E-state index in [1.807, 2.05) is 6.92 Å². The largest absolute Gasteiger partial charge is 0.301 e. The Morgan fingerprint density at radius 2 is 1.62 bits per heavy atom. The fourth-order valence-electron chi connectivity index (χ4n) is 2.59. The van der Waals surface area contributed by atoms with Crippen molar-refractivity contribution in [1.29, 1.82) is 0 Å². The van der Waals surface area contributed by atoms with Crippen LogP contribution in [-0.4, -0.2) is 77.2 Å². The summed E-state index contributed by atoms with van der Waals surface area (Å²) in [5.74, 6) is 0. The third kappa shape index (κ3) is 5.04. The maximum Gasteiger partial charge on any atom is 0.301 e. The zero-order valence-electron chi connectivity index (χ0n) is 15.3. The van der Waals surface area contributed by atoms with Gasteiger partial charge in [0, 0.05) is 52.5 Å². The van der Waals surface area contributed by atoms with E-state index < -0.39 is 20.2 Å². The lowest BCUT2D eigenvalue weighted by atomic mass is 10.3. The van der Waals surface area contributed by atoms with E-state index in [0.29, 0.717) is 31.9 Å². The van der Waals surface area contributed by atoms with Gasteiger partial charge in [-0.05, 0) is 31.2 Å². The highest BCUT2D eigenvalue weighted by Gasteiger charge is 2.28. The van der Waals surface area contributed by atoms with Crippen LogP contribution in [0.4, 0.5) is 5.69 Å². The molecule has 8 nitrogen and oxygen atoms in total. The van der Waals surface area contributed by atoms with Gasteiger partial charge in [-0.25, -0.2) is 8.42 Å². The number of nitrogens with one attached hydrogen (secondary N) is 1. The average molecular weight is 403 g/mol. The van der Waals surface area contributed by atoms with Crippen molar-refractivity contribution >= 4 is 25.9 Å². The minimum Gasteiger partial charge on any atom is -0.297 e. The molecule has 1 aliphatic heterocycles. The molecule has 0 aromatic heterocycles. The van der Waals surface area contributed by atoms with Crippen LogP contribution in [0.25, 0.3) is 0 Å². The molecule has 0 radical (unpaired) electrons. The summed E-state index contributed by atoms with van der Waals surface area (Å²) in [6, 6.07) is 5.74. The van der Waals surface area contributed by atoms with Gasteiger partial charge in [-0.15, -0.1) is 0 Å². The molecule has 1 fully saturated rings. The molecule has 0 bridgehead atoms. The van der Waals surface area contributed by atoms with Gasteiger partial charge in [-0.2, -0.15) is 17.0 Å². The van der Waals surface area contributed by atoms with Crippen LogP contribution in [0.15, 0.2) is 41.3 Å². The number of piperazine rings is 1. The lowest BCUT2D eigenvalue weighted by Crippen LogP contribution is -2.48. The molecule has 1 saturated heterocycles. The van der Waals surface area contributed by atoms with Gasteiger partial charge in [-0.1, -0.05) is 12.2 Å². The molecule has 0 spiro atoms. The Hall–Kier alpha value is -1.46. The molecule has 10 heteroatoms. The molecule has 1 aromatic carbocycles. The predicted octanol–water partition coefficient (Wildman–Crippen LogP) is 0.787. The first kappa shape index (κ1) is 20.8. The molecular formula is C16H26N4O4S2. The molecule has 1 aromatic rings. The first-order valence-electron chi connectivity index (χ1n) is 8.19. The van der Waals surface area contributed by atoms with Crippen molar-refractivity contribution in [2.24, 2.45) is 0 Å². The normalized spacial score (nSPS) is 17.4. The first-order chi connectivity index (χ1) is 12.0. The third-order valence-electron chi connectivity index (χ3n) is 4.04. The summed E-state index contributed by atoms with van der Waals surface area (Å²) in [6.07, 6.45) is 0. The summed E-state index contributed by atoms with van der Waals surface area (Å²) in [5, 5.41) is 0. The summed E-state index contributed by atoms with van der Waals surface area (Å²) < 4.78 is 54.0. The van der Waals surface area contributed by atoms with Crippen molar-refractivity contribution < 1.29 is 16.8 Å². The number of hydrogen-bond acceptors (Lipinski definition) is 5. The number of nitrogens with zero attached hydrogens (tertiary/aromatic N) is 3. The Morgan fingerprint density at radius 3 is 2.08 bits per heavy atom.